The molecule has 0 bridgehead atoms. The van der Waals surface area contributed by atoms with Gasteiger partial charge in [0, 0.05) is 28.5 Å². The Morgan fingerprint density at radius 2 is 2.30 bits per heavy atom. The highest BCUT2D eigenvalue weighted by atomic mass is 32.1. The smallest absolute Gasteiger partial charge is 0.477 e. The zero-order chi connectivity index (χ0) is 13.9. The SMILES string of the molecule is CCOc1ccc2scc(CO[N+](=C=O)C3CC3)c2c1. The molecular formula is C15H16NO3S+. The minimum Gasteiger partial charge on any atom is -0.494 e. The van der Waals surface area contributed by atoms with Gasteiger partial charge in [-0.25, -0.2) is 0 Å². The highest BCUT2D eigenvalue weighted by Gasteiger charge is 2.37. The predicted octanol–water partition coefficient (Wildman–Crippen LogP) is 3.24. The molecule has 0 spiro atoms. The van der Waals surface area contributed by atoms with Gasteiger partial charge in [-0.1, -0.05) is 0 Å². The molecule has 0 amide bonds. The van der Waals surface area contributed by atoms with Gasteiger partial charge in [0.25, 0.3) is 0 Å². The molecule has 104 valence electrons. The summed E-state index contributed by atoms with van der Waals surface area (Å²) in [7, 11) is 0. The number of carbonyl (C=O) groups excluding carboxylic acids is 1. The summed E-state index contributed by atoms with van der Waals surface area (Å²) in [5, 5.41) is 3.19. The minimum absolute atomic E-state index is 0.219. The molecule has 1 aliphatic rings. The number of hydroxylamine groups is 1. The molecule has 2 aromatic rings. The van der Waals surface area contributed by atoms with Crippen molar-refractivity contribution in [1.82, 2.24) is 0 Å². The van der Waals surface area contributed by atoms with E-state index in [4.69, 9.17) is 9.57 Å². The molecule has 1 aliphatic carbocycles. The van der Waals surface area contributed by atoms with E-state index in [1.807, 2.05) is 25.1 Å². The van der Waals surface area contributed by atoms with Gasteiger partial charge in [0.1, 0.15) is 5.75 Å². The van der Waals surface area contributed by atoms with E-state index in [1.54, 1.807) is 11.3 Å². The molecule has 1 fully saturated rings. The molecule has 1 heterocycles. The topological polar surface area (TPSA) is 38.5 Å². The zero-order valence-electron chi connectivity index (χ0n) is 11.3. The third-order valence-electron chi connectivity index (χ3n) is 3.26. The molecule has 0 radical (unpaired) electrons. The first kappa shape index (κ1) is 13.2. The van der Waals surface area contributed by atoms with E-state index in [2.05, 4.69) is 11.4 Å². The lowest BCUT2D eigenvalue weighted by atomic mass is 10.2. The van der Waals surface area contributed by atoms with E-state index in [0.29, 0.717) is 13.2 Å². The maximum atomic E-state index is 10.8. The second-order valence-electron chi connectivity index (χ2n) is 4.77. The summed E-state index contributed by atoms with van der Waals surface area (Å²) >= 11 is 1.67. The van der Waals surface area contributed by atoms with E-state index in [9.17, 15) is 4.79 Å². The fourth-order valence-electron chi connectivity index (χ4n) is 2.08. The third-order valence-corrected chi connectivity index (χ3v) is 4.28. The van der Waals surface area contributed by atoms with Gasteiger partial charge in [-0.15, -0.1) is 11.3 Å². The van der Waals surface area contributed by atoms with Crippen LogP contribution < -0.4 is 4.74 Å². The Labute approximate surface area is 121 Å². The fourth-order valence-corrected chi connectivity index (χ4v) is 3.01. The predicted molar refractivity (Wildman–Crippen MR) is 76.8 cm³/mol. The standard InChI is InChI=1S/C15H16NO3S/c1-2-18-13-5-6-15-14(7-13)11(9-20-15)8-19-16(10-17)12-3-4-12/h5-7,9,12H,2-4,8H2,1H3/q+1. The van der Waals surface area contributed by atoms with Crippen LogP contribution in [0.2, 0.25) is 0 Å². The van der Waals surface area contributed by atoms with Crippen molar-refractivity contribution >= 4 is 27.5 Å². The lowest BCUT2D eigenvalue weighted by Gasteiger charge is -2.03. The van der Waals surface area contributed by atoms with Crippen LogP contribution in [0.5, 0.6) is 5.75 Å². The molecule has 1 aromatic carbocycles. The van der Waals surface area contributed by atoms with Crippen molar-refractivity contribution in [2.75, 3.05) is 6.61 Å². The summed E-state index contributed by atoms with van der Waals surface area (Å²) in [5.74, 6) is 0.862. The number of ether oxygens (including phenoxy) is 1. The number of isocyanates is 1. The van der Waals surface area contributed by atoms with E-state index in [-0.39, 0.29) is 6.04 Å². The Morgan fingerprint density at radius 1 is 1.45 bits per heavy atom. The van der Waals surface area contributed by atoms with Crippen LogP contribution in [0.4, 0.5) is 0 Å². The van der Waals surface area contributed by atoms with E-state index in [0.717, 1.165) is 29.5 Å². The number of hydrogen-bond donors (Lipinski definition) is 0. The third kappa shape index (κ3) is 2.69. The highest BCUT2D eigenvalue weighted by Crippen LogP contribution is 2.31. The van der Waals surface area contributed by atoms with Crippen LogP contribution in [0.25, 0.3) is 10.1 Å². The quantitative estimate of drug-likeness (QED) is 0.355. The van der Waals surface area contributed by atoms with Crippen molar-refractivity contribution < 1.29 is 19.1 Å². The monoisotopic (exact) mass is 290 g/mol. The first-order valence-corrected chi connectivity index (χ1v) is 7.62. The molecule has 20 heavy (non-hydrogen) atoms. The average molecular weight is 290 g/mol. The molecule has 4 nitrogen and oxygen atoms in total. The fraction of sp³-hybridized carbons (Fsp3) is 0.400. The Hall–Kier alpha value is -1.84. The zero-order valence-corrected chi connectivity index (χ0v) is 12.1. The number of fused-ring (bicyclic) bond motifs is 1. The van der Waals surface area contributed by atoms with Gasteiger partial charge < -0.3 is 4.74 Å². The number of nitrogens with zero attached hydrogens (tertiary/aromatic N) is 1. The van der Waals surface area contributed by atoms with Gasteiger partial charge >= 0.3 is 6.08 Å². The van der Waals surface area contributed by atoms with Crippen molar-refractivity contribution in [3.8, 4) is 5.75 Å². The number of hydrogen-bond acceptors (Lipinski definition) is 4. The number of benzene rings is 1. The average Bonchev–Trinajstić information content (AvgIpc) is 3.22. The van der Waals surface area contributed by atoms with Crippen LogP contribution in [-0.2, 0) is 16.2 Å². The maximum absolute atomic E-state index is 10.8. The number of rotatable bonds is 6. The maximum Gasteiger partial charge on any atom is 0.477 e. The Kier molecular flexibility index (Phi) is 3.72. The summed E-state index contributed by atoms with van der Waals surface area (Å²) < 4.78 is 8.03. The minimum atomic E-state index is 0.219. The molecule has 5 heteroatoms. The van der Waals surface area contributed by atoms with Crippen LogP contribution in [0, 0.1) is 0 Å². The largest absolute Gasteiger partial charge is 0.494 e. The Bertz CT molecular complexity index is 669. The lowest BCUT2D eigenvalue weighted by molar-refractivity contribution is -0.799. The molecule has 0 N–H and O–H groups in total. The normalized spacial score (nSPS) is 14.1. The van der Waals surface area contributed by atoms with Crippen molar-refractivity contribution in [2.45, 2.75) is 32.4 Å². The molecule has 0 atom stereocenters. The van der Waals surface area contributed by atoms with Crippen molar-refractivity contribution in [2.24, 2.45) is 0 Å². The van der Waals surface area contributed by atoms with E-state index in [1.165, 1.54) is 9.44 Å². The Balaban J connectivity index is 1.79. The van der Waals surface area contributed by atoms with Crippen molar-refractivity contribution in [3.05, 3.63) is 29.1 Å². The summed E-state index contributed by atoms with van der Waals surface area (Å²) in [5.41, 5.74) is 1.08. The van der Waals surface area contributed by atoms with Gasteiger partial charge in [-0.2, -0.15) is 4.79 Å². The molecule has 1 aromatic heterocycles. The van der Waals surface area contributed by atoms with Crippen LogP contribution >= 0.6 is 11.3 Å². The molecule has 3 rings (SSSR count). The second kappa shape index (κ2) is 5.65. The highest BCUT2D eigenvalue weighted by molar-refractivity contribution is 7.17. The summed E-state index contributed by atoms with van der Waals surface area (Å²) in [6.07, 6.45) is 3.86. The van der Waals surface area contributed by atoms with Gasteiger partial charge in [0.05, 0.1) is 11.3 Å². The summed E-state index contributed by atoms with van der Waals surface area (Å²) in [6, 6.07) is 6.28. The first-order valence-electron chi connectivity index (χ1n) is 6.74. The van der Waals surface area contributed by atoms with E-state index >= 15 is 0 Å². The van der Waals surface area contributed by atoms with Crippen molar-refractivity contribution in [3.63, 3.8) is 0 Å². The summed E-state index contributed by atoms with van der Waals surface area (Å²) in [6.45, 7) is 3.01. The van der Waals surface area contributed by atoms with Gasteiger partial charge in [-0.3, -0.25) is 4.84 Å². The van der Waals surface area contributed by atoms with Crippen LogP contribution in [0.1, 0.15) is 25.3 Å². The van der Waals surface area contributed by atoms with Crippen LogP contribution in [0.15, 0.2) is 23.6 Å². The molecular weight excluding hydrogens is 274 g/mol. The molecule has 0 aliphatic heterocycles. The molecule has 0 saturated heterocycles. The van der Waals surface area contributed by atoms with Gasteiger partial charge in [0.2, 0.25) is 6.04 Å². The summed E-state index contributed by atoms with van der Waals surface area (Å²) in [4.78, 5) is 16.4. The van der Waals surface area contributed by atoms with Crippen LogP contribution in [0.3, 0.4) is 0 Å². The van der Waals surface area contributed by atoms with Gasteiger partial charge in [0.15, 0.2) is 6.61 Å². The second-order valence-corrected chi connectivity index (χ2v) is 5.68. The number of thiophene rings is 1. The van der Waals surface area contributed by atoms with E-state index < -0.39 is 0 Å². The van der Waals surface area contributed by atoms with Gasteiger partial charge in [-0.05, 0) is 30.5 Å². The van der Waals surface area contributed by atoms with Crippen LogP contribution in [-0.4, -0.2) is 23.5 Å². The molecule has 1 saturated carbocycles. The molecule has 0 unspecified atom stereocenters. The first-order chi connectivity index (χ1) is 9.81. The van der Waals surface area contributed by atoms with Crippen molar-refractivity contribution in [1.29, 1.82) is 0 Å². The lowest BCUT2D eigenvalue weighted by Crippen LogP contribution is -2.13. The Morgan fingerprint density at radius 3 is 3.00 bits per heavy atom.